The van der Waals surface area contributed by atoms with Crippen LogP contribution in [0.5, 0.6) is 5.75 Å². The van der Waals surface area contributed by atoms with Gasteiger partial charge in [0, 0.05) is 12.1 Å². The summed E-state index contributed by atoms with van der Waals surface area (Å²) in [5.41, 5.74) is 0.617. The number of hydrogen-bond donors (Lipinski definition) is 0. The lowest BCUT2D eigenvalue weighted by atomic mass is 10.1. The summed E-state index contributed by atoms with van der Waals surface area (Å²) in [5, 5.41) is 11.0. The molecule has 10 nitrogen and oxygen atoms in total. The van der Waals surface area contributed by atoms with Gasteiger partial charge in [-0.05, 0) is 29.5 Å². The molecule has 31 heavy (non-hydrogen) atoms. The van der Waals surface area contributed by atoms with Crippen molar-refractivity contribution in [3.8, 4) is 5.75 Å². The van der Waals surface area contributed by atoms with Crippen LogP contribution in [0.25, 0.3) is 6.08 Å². The van der Waals surface area contributed by atoms with Gasteiger partial charge >= 0.3 is 5.24 Å². The van der Waals surface area contributed by atoms with Gasteiger partial charge in [0.15, 0.2) is 6.73 Å². The molecule has 2 aliphatic heterocycles. The number of benzene rings is 2. The van der Waals surface area contributed by atoms with Gasteiger partial charge in [0.25, 0.3) is 17.5 Å². The molecule has 3 amide bonds. The Balaban J connectivity index is 1.37. The summed E-state index contributed by atoms with van der Waals surface area (Å²) in [6.07, 6.45) is 1.60. The van der Waals surface area contributed by atoms with E-state index < -0.39 is 22.0 Å². The molecular weight excluding hydrogens is 426 g/mol. The molecule has 0 unspecified atom stereocenters. The van der Waals surface area contributed by atoms with Gasteiger partial charge in [-0.3, -0.25) is 29.3 Å². The molecule has 0 aliphatic carbocycles. The summed E-state index contributed by atoms with van der Waals surface area (Å²) in [5.74, 6) is -0.794. The second-order valence-corrected chi connectivity index (χ2v) is 7.49. The van der Waals surface area contributed by atoms with Crippen molar-refractivity contribution in [3.05, 3.63) is 74.7 Å². The minimum absolute atomic E-state index is 0.0143. The van der Waals surface area contributed by atoms with Crippen LogP contribution in [0.1, 0.15) is 15.9 Å². The van der Waals surface area contributed by atoms with E-state index in [1.54, 1.807) is 18.2 Å². The normalized spacial score (nSPS) is 17.2. The van der Waals surface area contributed by atoms with Crippen molar-refractivity contribution in [2.45, 2.75) is 0 Å². The molecule has 2 aromatic carbocycles. The SMILES string of the molecule is O=C1c2cc([N+](=O)[O-])ccc2OCN1CCON1C(=O)SC(=Cc2ccccc2)C1=O. The molecule has 2 aromatic rings. The summed E-state index contributed by atoms with van der Waals surface area (Å²) < 4.78 is 5.46. The topological polar surface area (TPSA) is 119 Å². The van der Waals surface area contributed by atoms with Crippen LogP contribution in [0.4, 0.5) is 10.5 Å². The number of ether oxygens (including phenoxy) is 1. The summed E-state index contributed by atoms with van der Waals surface area (Å²) in [4.78, 5) is 54.3. The second kappa shape index (κ2) is 8.58. The van der Waals surface area contributed by atoms with Gasteiger partial charge < -0.3 is 9.64 Å². The maximum absolute atomic E-state index is 12.6. The molecule has 0 spiro atoms. The van der Waals surface area contributed by atoms with E-state index >= 15 is 0 Å². The van der Waals surface area contributed by atoms with Gasteiger partial charge in [0.2, 0.25) is 0 Å². The van der Waals surface area contributed by atoms with Crippen LogP contribution < -0.4 is 4.74 Å². The Morgan fingerprint density at radius 3 is 2.65 bits per heavy atom. The summed E-state index contributed by atoms with van der Waals surface area (Å²) in [6, 6.07) is 12.9. The Hall–Kier alpha value is -3.70. The average molecular weight is 441 g/mol. The minimum Gasteiger partial charge on any atom is -0.472 e. The lowest BCUT2D eigenvalue weighted by Crippen LogP contribution is -2.42. The number of rotatable bonds is 6. The van der Waals surface area contributed by atoms with Crippen LogP contribution in [-0.2, 0) is 9.63 Å². The minimum atomic E-state index is -0.599. The van der Waals surface area contributed by atoms with Gasteiger partial charge in [-0.15, -0.1) is 5.06 Å². The molecular formula is C20H15N3O7S. The van der Waals surface area contributed by atoms with Crippen LogP contribution in [0, 0.1) is 10.1 Å². The summed E-state index contributed by atoms with van der Waals surface area (Å²) in [6.45, 7) is -0.209. The Labute approximate surface area is 180 Å². The van der Waals surface area contributed by atoms with E-state index in [0.29, 0.717) is 5.06 Å². The molecule has 0 aromatic heterocycles. The maximum atomic E-state index is 12.6. The van der Waals surface area contributed by atoms with Crippen molar-refractivity contribution >= 4 is 40.6 Å². The smallest absolute Gasteiger partial charge is 0.317 e. The number of hydrogen-bond acceptors (Lipinski definition) is 8. The number of carbonyl (C=O) groups is 3. The highest BCUT2D eigenvalue weighted by Gasteiger charge is 2.37. The van der Waals surface area contributed by atoms with E-state index in [9.17, 15) is 24.5 Å². The molecule has 0 atom stereocenters. The first-order valence-electron chi connectivity index (χ1n) is 9.10. The fraction of sp³-hybridized carbons (Fsp3) is 0.150. The predicted octanol–water partition coefficient (Wildman–Crippen LogP) is 3.06. The quantitative estimate of drug-likeness (QED) is 0.381. The van der Waals surface area contributed by atoms with Gasteiger partial charge in [-0.25, -0.2) is 0 Å². The van der Waals surface area contributed by atoms with Gasteiger partial charge in [0.1, 0.15) is 5.75 Å². The van der Waals surface area contributed by atoms with Crippen molar-refractivity contribution in [2.75, 3.05) is 19.9 Å². The first-order valence-corrected chi connectivity index (χ1v) is 9.92. The van der Waals surface area contributed by atoms with E-state index in [4.69, 9.17) is 9.57 Å². The fourth-order valence-electron chi connectivity index (χ4n) is 2.97. The first kappa shape index (κ1) is 20.6. The van der Waals surface area contributed by atoms with Gasteiger partial charge in [-0.2, -0.15) is 0 Å². The van der Waals surface area contributed by atoms with Crippen LogP contribution >= 0.6 is 11.8 Å². The van der Waals surface area contributed by atoms with E-state index in [1.165, 1.54) is 17.0 Å². The number of fused-ring (bicyclic) bond motifs is 1. The van der Waals surface area contributed by atoms with E-state index in [0.717, 1.165) is 23.4 Å². The molecule has 11 heteroatoms. The Kier molecular flexibility index (Phi) is 5.69. The zero-order chi connectivity index (χ0) is 22.0. The highest BCUT2D eigenvalue weighted by molar-refractivity contribution is 8.18. The molecule has 4 rings (SSSR count). The van der Waals surface area contributed by atoms with Crippen LogP contribution in [0.2, 0.25) is 0 Å². The van der Waals surface area contributed by atoms with Crippen molar-refractivity contribution in [2.24, 2.45) is 0 Å². The molecule has 1 saturated heterocycles. The van der Waals surface area contributed by atoms with E-state index in [2.05, 4.69) is 0 Å². The molecule has 158 valence electrons. The van der Waals surface area contributed by atoms with Crippen LogP contribution in [0.3, 0.4) is 0 Å². The van der Waals surface area contributed by atoms with Crippen LogP contribution in [0.15, 0.2) is 53.4 Å². The standard InChI is InChI=1S/C20H15N3O7S/c24-18-15-11-14(23(27)28)6-7-16(15)29-12-21(18)8-9-30-22-19(25)17(31-20(22)26)10-13-4-2-1-3-5-13/h1-7,10-11H,8-9,12H2. The summed E-state index contributed by atoms with van der Waals surface area (Å²) >= 11 is 0.763. The van der Waals surface area contributed by atoms with Crippen molar-refractivity contribution in [1.82, 2.24) is 9.96 Å². The largest absolute Gasteiger partial charge is 0.472 e. The molecule has 0 radical (unpaired) electrons. The summed E-state index contributed by atoms with van der Waals surface area (Å²) in [7, 11) is 0. The molecule has 0 bridgehead atoms. The lowest BCUT2D eigenvalue weighted by molar-refractivity contribution is -0.384. The molecule has 0 N–H and O–H groups in total. The Morgan fingerprint density at radius 2 is 1.90 bits per heavy atom. The number of hydroxylamine groups is 2. The molecule has 2 aliphatic rings. The lowest BCUT2D eigenvalue weighted by Gasteiger charge is -2.28. The zero-order valence-electron chi connectivity index (χ0n) is 15.9. The van der Waals surface area contributed by atoms with Gasteiger partial charge in [0.05, 0.1) is 28.5 Å². The third-order valence-electron chi connectivity index (χ3n) is 4.50. The number of thioether (sulfide) groups is 1. The van der Waals surface area contributed by atoms with E-state index in [-0.39, 0.29) is 41.8 Å². The zero-order valence-corrected chi connectivity index (χ0v) is 16.7. The number of imide groups is 1. The number of nitrogens with zero attached hydrogens (tertiary/aromatic N) is 3. The third kappa shape index (κ3) is 4.27. The van der Waals surface area contributed by atoms with E-state index in [1.807, 2.05) is 18.2 Å². The molecule has 0 saturated carbocycles. The number of nitro benzene ring substituents is 1. The monoisotopic (exact) mass is 441 g/mol. The van der Waals surface area contributed by atoms with Gasteiger partial charge in [-0.1, -0.05) is 30.3 Å². The Morgan fingerprint density at radius 1 is 1.13 bits per heavy atom. The second-order valence-electron chi connectivity index (χ2n) is 6.50. The molecule has 2 heterocycles. The fourth-order valence-corrected chi connectivity index (χ4v) is 3.75. The number of amides is 3. The Bertz CT molecular complexity index is 1100. The maximum Gasteiger partial charge on any atom is 0.317 e. The number of nitro groups is 1. The third-order valence-corrected chi connectivity index (χ3v) is 5.36. The number of non-ortho nitro benzene ring substituents is 1. The van der Waals surface area contributed by atoms with Crippen molar-refractivity contribution < 1.29 is 28.9 Å². The van der Waals surface area contributed by atoms with Crippen molar-refractivity contribution in [3.63, 3.8) is 0 Å². The number of carbonyl (C=O) groups excluding carboxylic acids is 3. The molecule has 1 fully saturated rings. The van der Waals surface area contributed by atoms with Crippen LogP contribution in [-0.4, -0.2) is 51.8 Å². The first-order chi connectivity index (χ1) is 14.9. The predicted molar refractivity (Wildman–Crippen MR) is 110 cm³/mol. The average Bonchev–Trinajstić information content (AvgIpc) is 3.03. The van der Waals surface area contributed by atoms with Crippen molar-refractivity contribution in [1.29, 1.82) is 0 Å². The highest BCUT2D eigenvalue weighted by atomic mass is 32.2. The highest BCUT2D eigenvalue weighted by Crippen LogP contribution is 2.32.